The third kappa shape index (κ3) is 5.79. The molecule has 21 heavy (non-hydrogen) atoms. The molecule has 0 aliphatic heterocycles. The summed E-state index contributed by atoms with van der Waals surface area (Å²) < 4.78 is 38.2. The molecule has 1 heterocycles. The SMILES string of the molecule is CC(C)CC(CN(C)C)Nc1cc(C(F)(F)F)ncc1N. The normalized spacial score (nSPS) is 13.8. The molecule has 0 aliphatic carbocycles. The van der Waals surface area contributed by atoms with E-state index in [0.29, 0.717) is 12.5 Å². The molecule has 0 radical (unpaired) electrons. The smallest absolute Gasteiger partial charge is 0.396 e. The Labute approximate surface area is 123 Å². The van der Waals surface area contributed by atoms with E-state index in [1.165, 1.54) is 0 Å². The number of hydrogen-bond donors (Lipinski definition) is 2. The summed E-state index contributed by atoms with van der Waals surface area (Å²) in [6, 6.07) is 0.990. The summed E-state index contributed by atoms with van der Waals surface area (Å²) in [7, 11) is 3.85. The van der Waals surface area contributed by atoms with E-state index in [1.54, 1.807) is 0 Å². The van der Waals surface area contributed by atoms with Crippen LogP contribution in [0.25, 0.3) is 0 Å². The number of halogens is 3. The number of nitrogens with zero attached hydrogens (tertiary/aromatic N) is 2. The quantitative estimate of drug-likeness (QED) is 0.848. The summed E-state index contributed by atoms with van der Waals surface area (Å²) in [6.07, 6.45) is -2.59. The number of hydrogen-bond acceptors (Lipinski definition) is 4. The maximum Gasteiger partial charge on any atom is 0.433 e. The molecule has 0 aliphatic rings. The number of nitrogen functional groups attached to an aromatic ring is 1. The van der Waals surface area contributed by atoms with Crippen molar-refractivity contribution in [1.29, 1.82) is 0 Å². The van der Waals surface area contributed by atoms with E-state index in [4.69, 9.17) is 5.73 Å². The topological polar surface area (TPSA) is 54.2 Å². The second kappa shape index (κ2) is 6.98. The van der Waals surface area contributed by atoms with Crippen molar-refractivity contribution < 1.29 is 13.2 Å². The van der Waals surface area contributed by atoms with E-state index >= 15 is 0 Å². The molecule has 4 nitrogen and oxygen atoms in total. The van der Waals surface area contributed by atoms with E-state index in [-0.39, 0.29) is 17.4 Å². The van der Waals surface area contributed by atoms with Gasteiger partial charge in [-0.3, -0.25) is 0 Å². The van der Waals surface area contributed by atoms with E-state index in [0.717, 1.165) is 18.7 Å². The Hall–Kier alpha value is -1.50. The molecule has 0 fully saturated rings. The molecule has 0 spiro atoms. The molecule has 0 saturated carbocycles. The lowest BCUT2D eigenvalue weighted by atomic mass is 10.0. The third-order valence-electron chi connectivity index (χ3n) is 2.93. The van der Waals surface area contributed by atoms with Crippen molar-refractivity contribution in [2.75, 3.05) is 31.7 Å². The summed E-state index contributed by atoms with van der Waals surface area (Å²) >= 11 is 0. The number of aromatic nitrogens is 1. The van der Waals surface area contributed by atoms with E-state index in [1.807, 2.05) is 19.0 Å². The fraction of sp³-hybridized carbons (Fsp3) is 0.643. The lowest BCUT2D eigenvalue weighted by molar-refractivity contribution is -0.141. The molecule has 3 N–H and O–H groups in total. The standard InChI is InChI=1S/C14H23F3N4/c1-9(2)5-10(8-21(3)4)20-12-6-13(14(15,16)17)19-7-11(12)18/h6-7,9-10H,5,8,18H2,1-4H3,(H,19,20). The van der Waals surface area contributed by atoms with Gasteiger partial charge in [0.2, 0.25) is 0 Å². The van der Waals surface area contributed by atoms with E-state index in [2.05, 4.69) is 24.1 Å². The first-order valence-corrected chi connectivity index (χ1v) is 6.83. The average Bonchev–Trinajstić information content (AvgIpc) is 2.28. The van der Waals surface area contributed by atoms with Crippen molar-refractivity contribution in [2.24, 2.45) is 5.92 Å². The van der Waals surface area contributed by atoms with Crippen LogP contribution < -0.4 is 11.1 Å². The molecule has 1 rings (SSSR count). The predicted octanol–water partition coefficient (Wildman–Crippen LogP) is 3.07. The molecule has 0 amide bonds. The van der Waals surface area contributed by atoms with Crippen LogP contribution in [0.4, 0.5) is 24.5 Å². The minimum Gasteiger partial charge on any atom is -0.396 e. The summed E-state index contributed by atoms with van der Waals surface area (Å²) in [5.74, 6) is 0.424. The maximum atomic E-state index is 12.7. The first kappa shape index (κ1) is 17.6. The third-order valence-corrected chi connectivity index (χ3v) is 2.93. The van der Waals surface area contributed by atoms with Crippen molar-refractivity contribution in [3.63, 3.8) is 0 Å². The summed E-state index contributed by atoms with van der Waals surface area (Å²) in [4.78, 5) is 5.33. The zero-order valence-electron chi connectivity index (χ0n) is 12.8. The Morgan fingerprint density at radius 1 is 1.33 bits per heavy atom. The largest absolute Gasteiger partial charge is 0.433 e. The predicted molar refractivity (Wildman–Crippen MR) is 79.1 cm³/mol. The molecule has 1 unspecified atom stereocenters. The highest BCUT2D eigenvalue weighted by atomic mass is 19.4. The van der Waals surface area contributed by atoms with Crippen LogP contribution in [0.15, 0.2) is 12.3 Å². The fourth-order valence-corrected chi connectivity index (χ4v) is 2.15. The van der Waals surface area contributed by atoms with Crippen molar-refractivity contribution in [2.45, 2.75) is 32.5 Å². The Kier molecular flexibility index (Phi) is 5.83. The van der Waals surface area contributed by atoms with Gasteiger partial charge in [-0.15, -0.1) is 0 Å². The van der Waals surface area contributed by atoms with Gasteiger partial charge in [0.15, 0.2) is 0 Å². The summed E-state index contributed by atoms with van der Waals surface area (Å²) in [6.45, 7) is 4.85. The van der Waals surface area contributed by atoms with Crippen LogP contribution in [0.1, 0.15) is 26.0 Å². The molecule has 1 atom stereocenters. The van der Waals surface area contributed by atoms with Crippen LogP contribution in [-0.2, 0) is 6.18 Å². The number of nitrogens with two attached hydrogens (primary N) is 1. The summed E-state index contributed by atoms with van der Waals surface area (Å²) in [5, 5.41) is 3.12. The van der Waals surface area contributed by atoms with E-state index in [9.17, 15) is 13.2 Å². The summed E-state index contributed by atoms with van der Waals surface area (Å²) in [5.41, 5.74) is 5.30. The fourth-order valence-electron chi connectivity index (χ4n) is 2.15. The van der Waals surface area contributed by atoms with Gasteiger partial charge in [-0.05, 0) is 32.5 Å². The zero-order chi connectivity index (χ0) is 16.2. The Bertz CT molecular complexity index is 448. The molecule has 0 bridgehead atoms. The number of alkyl halides is 3. The van der Waals surface area contributed by atoms with Crippen molar-refractivity contribution in [1.82, 2.24) is 9.88 Å². The van der Waals surface area contributed by atoms with Crippen molar-refractivity contribution in [3.05, 3.63) is 18.0 Å². The molecule has 0 saturated heterocycles. The molecule has 0 aromatic carbocycles. The van der Waals surface area contributed by atoms with Crippen LogP contribution in [0, 0.1) is 5.92 Å². The molecule has 7 heteroatoms. The van der Waals surface area contributed by atoms with Gasteiger partial charge in [-0.25, -0.2) is 4.98 Å². The number of nitrogens with one attached hydrogen (secondary N) is 1. The van der Waals surface area contributed by atoms with E-state index < -0.39 is 11.9 Å². The second-order valence-corrected chi connectivity index (χ2v) is 5.89. The monoisotopic (exact) mass is 304 g/mol. The zero-order valence-corrected chi connectivity index (χ0v) is 12.8. The molecule has 1 aromatic rings. The first-order chi connectivity index (χ1) is 9.59. The van der Waals surface area contributed by atoms with Gasteiger partial charge in [-0.1, -0.05) is 13.8 Å². The van der Waals surface area contributed by atoms with Gasteiger partial charge in [0.25, 0.3) is 0 Å². The highest BCUT2D eigenvalue weighted by Gasteiger charge is 2.33. The minimum atomic E-state index is -4.47. The van der Waals surface area contributed by atoms with Crippen LogP contribution in [-0.4, -0.2) is 36.6 Å². The lowest BCUT2D eigenvalue weighted by Crippen LogP contribution is -2.33. The molecular weight excluding hydrogens is 281 g/mol. The first-order valence-electron chi connectivity index (χ1n) is 6.83. The molecule has 120 valence electrons. The number of pyridine rings is 1. The van der Waals surface area contributed by atoms with Crippen molar-refractivity contribution in [3.8, 4) is 0 Å². The molecule has 1 aromatic heterocycles. The minimum absolute atomic E-state index is 0.0192. The van der Waals surface area contributed by atoms with Crippen molar-refractivity contribution >= 4 is 11.4 Å². The lowest BCUT2D eigenvalue weighted by Gasteiger charge is -2.25. The second-order valence-electron chi connectivity index (χ2n) is 5.89. The van der Waals surface area contributed by atoms with Gasteiger partial charge < -0.3 is 16.0 Å². The van der Waals surface area contributed by atoms with Gasteiger partial charge in [0.05, 0.1) is 17.6 Å². The van der Waals surface area contributed by atoms with Crippen LogP contribution in [0.3, 0.4) is 0 Å². The van der Waals surface area contributed by atoms with Gasteiger partial charge in [-0.2, -0.15) is 13.2 Å². The Morgan fingerprint density at radius 2 is 1.95 bits per heavy atom. The van der Waals surface area contributed by atoms with Gasteiger partial charge in [0, 0.05) is 12.6 Å². The number of likely N-dealkylation sites (N-methyl/N-ethyl adjacent to an activating group) is 1. The maximum absolute atomic E-state index is 12.7. The van der Waals surface area contributed by atoms with Crippen LogP contribution in [0.2, 0.25) is 0 Å². The van der Waals surface area contributed by atoms with Gasteiger partial charge >= 0.3 is 6.18 Å². The highest BCUT2D eigenvalue weighted by molar-refractivity contribution is 5.65. The van der Waals surface area contributed by atoms with Gasteiger partial charge in [0.1, 0.15) is 5.69 Å². The highest BCUT2D eigenvalue weighted by Crippen LogP contribution is 2.31. The van der Waals surface area contributed by atoms with Crippen LogP contribution in [0.5, 0.6) is 0 Å². The average molecular weight is 304 g/mol. The number of anilines is 2. The Morgan fingerprint density at radius 3 is 2.43 bits per heavy atom. The van der Waals surface area contributed by atoms with Crippen LogP contribution >= 0.6 is 0 Å². The molecular formula is C14H23F3N4. The Balaban J connectivity index is 2.96. The number of rotatable bonds is 6.